The Labute approximate surface area is 205 Å². The normalized spacial score (nSPS) is 15.7. The number of amides is 2. The summed E-state index contributed by atoms with van der Waals surface area (Å²) in [6.45, 7) is 3.18. The third kappa shape index (κ3) is 5.93. The number of benzene rings is 1. The lowest BCUT2D eigenvalue weighted by Crippen LogP contribution is -2.46. The molecular weight excluding hydrogens is 477 g/mol. The van der Waals surface area contributed by atoms with Crippen molar-refractivity contribution < 1.29 is 27.5 Å². The number of alkyl halides is 3. The summed E-state index contributed by atoms with van der Waals surface area (Å²) in [5.41, 5.74) is 5.78. The molecule has 1 aromatic carbocycles. The minimum Gasteiger partial charge on any atom is -0.370 e. The molecule has 2 amide bonds. The molecule has 36 heavy (non-hydrogen) atoms. The predicted molar refractivity (Wildman–Crippen MR) is 126 cm³/mol. The standard InChI is InChI=1S/C24H27F3N6O3/c1-15(33-9-4-16-2-3-17(22(28)35)10-20(16)33)13-36-14-21(34)31-19-5-7-32(8-6-19)23-29-11-18(12-30-23)24(25,26)27/h2-4,9-12,15,19H,5-8,13-14H2,1H3,(H2,28,35)(H,31,34). The number of carbonyl (C=O) groups is 2. The van der Waals surface area contributed by atoms with Gasteiger partial charge < -0.3 is 25.3 Å². The van der Waals surface area contributed by atoms with Crippen LogP contribution in [0.15, 0.2) is 42.9 Å². The van der Waals surface area contributed by atoms with Crippen molar-refractivity contribution in [2.24, 2.45) is 5.73 Å². The highest BCUT2D eigenvalue weighted by Gasteiger charge is 2.32. The number of rotatable bonds is 8. The fourth-order valence-electron chi connectivity index (χ4n) is 4.21. The largest absolute Gasteiger partial charge is 0.419 e. The molecule has 3 heterocycles. The Kier molecular flexibility index (Phi) is 7.43. The van der Waals surface area contributed by atoms with E-state index < -0.39 is 17.6 Å². The van der Waals surface area contributed by atoms with Crippen molar-refractivity contribution in [1.82, 2.24) is 19.9 Å². The number of hydrogen-bond donors (Lipinski definition) is 2. The fourth-order valence-corrected chi connectivity index (χ4v) is 4.21. The lowest BCUT2D eigenvalue weighted by Gasteiger charge is -2.32. The van der Waals surface area contributed by atoms with Gasteiger partial charge in [0.05, 0.1) is 18.2 Å². The summed E-state index contributed by atoms with van der Waals surface area (Å²) in [4.78, 5) is 33.3. The van der Waals surface area contributed by atoms with Crippen LogP contribution in [0.5, 0.6) is 0 Å². The van der Waals surface area contributed by atoms with Gasteiger partial charge in [-0.1, -0.05) is 6.07 Å². The maximum atomic E-state index is 12.7. The van der Waals surface area contributed by atoms with Gasteiger partial charge in [0.15, 0.2) is 0 Å². The van der Waals surface area contributed by atoms with Gasteiger partial charge in [0, 0.05) is 48.8 Å². The monoisotopic (exact) mass is 504 g/mol. The van der Waals surface area contributed by atoms with Crippen LogP contribution in [0, 0.1) is 0 Å². The molecule has 1 aliphatic heterocycles. The Bertz CT molecular complexity index is 1220. The van der Waals surface area contributed by atoms with Crippen molar-refractivity contribution in [2.75, 3.05) is 31.2 Å². The number of fused-ring (bicyclic) bond motifs is 1. The predicted octanol–water partition coefficient (Wildman–Crippen LogP) is 2.91. The van der Waals surface area contributed by atoms with E-state index in [4.69, 9.17) is 10.5 Å². The first-order chi connectivity index (χ1) is 17.1. The smallest absolute Gasteiger partial charge is 0.370 e. The first-order valence-electron chi connectivity index (χ1n) is 11.5. The quantitative estimate of drug-likeness (QED) is 0.488. The van der Waals surface area contributed by atoms with E-state index in [0.717, 1.165) is 23.3 Å². The molecule has 0 saturated carbocycles. The average molecular weight is 505 g/mol. The summed E-state index contributed by atoms with van der Waals surface area (Å²) < 4.78 is 45.6. The maximum absolute atomic E-state index is 12.7. The van der Waals surface area contributed by atoms with Crippen LogP contribution in [0.1, 0.15) is 41.7 Å². The molecule has 3 N–H and O–H groups in total. The van der Waals surface area contributed by atoms with E-state index in [9.17, 15) is 22.8 Å². The molecule has 0 bridgehead atoms. The molecule has 0 spiro atoms. The molecule has 12 heteroatoms. The molecule has 4 rings (SSSR count). The van der Waals surface area contributed by atoms with Gasteiger partial charge in [0.1, 0.15) is 6.61 Å². The number of halogens is 3. The lowest BCUT2D eigenvalue weighted by atomic mass is 10.1. The average Bonchev–Trinajstić information content (AvgIpc) is 3.27. The first kappa shape index (κ1) is 25.4. The molecule has 2 aromatic heterocycles. The van der Waals surface area contributed by atoms with E-state index in [2.05, 4.69) is 15.3 Å². The summed E-state index contributed by atoms with van der Waals surface area (Å²) in [6.07, 6.45) is 0.217. The van der Waals surface area contributed by atoms with Gasteiger partial charge in [-0.15, -0.1) is 0 Å². The molecular formula is C24H27F3N6O3. The number of carbonyl (C=O) groups excluding carboxylic acids is 2. The van der Waals surface area contributed by atoms with Gasteiger partial charge >= 0.3 is 6.18 Å². The van der Waals surface area contributed by atoms with Gasteiger partial charge in [0.25, 0.3) is 0 Å². The second-order valence-corrected chi connectivity index (χ2v) is 8.82. The number of aromatic nitrogens is 3. The van der Waals surface area contributed by atoms with E-state index in [-0.39, 0.29) is 30.5 Å². The fraction of sp³-hybridized carbons (Fsp3) is 0.417. The number of nitrogens with two attached hydrogens (primary N) is 1. The van der Waals surface area contributed by atoms with E-state index in [0.29, 0.717) is 38.1 Å². The van der Waals surface area contributed by atoms with Crippen molar-refractivity contribution in [1.29, 1.82) is 0 Å². The molecule has 3 aromatic rings. The highest BCUT2D eigenvalue weighted by Crippen LogP contribution is 2.28. The van der Waals surface area contributed by atoms with Gasteiger partial charge in [-0.3, -0.25) is 9.59 Å². The van der Waals surface area contributed by atoms with E-state index in [1.165, 1.54) is 0 Å². The van der Waals surface area contributed by atoms with Crippen LogP contribution in [-0.4, -0.2) is 58.7 Å². The minimum absolute atomic E-state index is 0.0650. The summed E-state index contributed by atoms with van der Waals surface area (Å²) in [5.74, 6) is -0.492. The molecule has 1 fully saturated rings. The zero-order chi connectivity index (χ0) is 25.9. The molecule has 0 aliphatic carbocycles. The molecule has 1 atom stereocenters. The van der Waals surface area contributed by atoms with Crippen molar-refractivity contribution in [3.05, 3.63) is 54.0 Å². The number of primary amides is 1. The van der Waals surface area contributed by atoms with Crippen LogP contribution >= 0.6 is 0 Å². The number of piperidine rings is 1. The Morgan fingerprint density at radius 3 is 2.53 bits per heavy atom. The third-order valence-corrected chi connectivity index (χ3v) is 6.18. The van der Waals surface area contributed by atoms with Crippen LogP contribution in [-0.2, 0) is 15.7 Å². The maximum Gasteiger partial charge on any atom is 0.419 e. The molecule has 1 saturated heterocycles. The number of anilines is 1. The van der Waals surface area contributed by atoms with Gasteiger partial charge in [-0.05, 0) is 43.4 Å². The Morgan fingerprint density at radius 1 is 1.19 bits per heavy atom. The van der Waals surface area contributed by atoms with Gasteiger partial charge in [0.2, 0.25) is 17.8 Å². The van der Waals surface area contributed by atoms with Crippen LogP contribution in [0.25, 0.3) is 10.9 Å². The molecule has 192 valence electrons. The van der Waals surface area contributed by atoms with E-state index >= 15 is 0 Å². The molecule has 0 radical (unpaired) electrons. The second kappa shape index (κ2) is 10.5. The first-order valence-corrected chi connectivity index (χ1v) is 11.5. The summed E-state index contributed by atoms with van der Waals surface area (Å²) in [7, 11) is 0. The van der Waals surface area contributed by atoms with E-state index in [1.54, 1.807) is 17.0 Å². The second-order valence-electron chi connectivity index (χ2n) is 8.82. The van der Waals surface area contributed by atoms with Crippen LogP contribution in [0.3, 0.4) is 0 Å². The Morgan fingerprint density at radius 2 is 1.89 bits per heavy atom. The zero-order valence-corrected chi connectivity index (χ0v) is 19.7. The van der Waals surface area contributed by atoms with Crippen LogP contribution in [0.4, 0.5) is 19.1 Å². The van der Waals surface area contributed by atoms with Crippen molar-refractivity contribution in [3.8, 4) is 0 Å². The summed E-state index contributed by atoms with van der Waals surface area (Å²) >= 11 is 0. The van der Waals surface area contributed by atoms with Crippen LogP contribution in [0.2, 0.25) is 0 Å². The topological polar surface area (TPSA) is 115 Å². The minimum atomic E-state index is -4.47. The summed E-state index contributed by atoms with van der Waals surface area (Å²) in [5, 5.41) is 3.91. The number of nitrogens with zero attached hydrogens (tertiary/aromatic N) is 4. The van der Waals surface area contributed by atoms with Crippen molar-refractivity contribution >= 4 is 28.7 Å². The zero-order valence-electron chi connectivity index (χ0n) is 19.7. The molecule has 9 nitrogen and oxygen atoms in total. The Hall–Kier alpha value is -3.67. The van der Waals surface area contributed by atoms with Crippen molar-refractivity contribution in [2.45, 2.75) is 38.0 Å². The van der Waals surface area contributed by atoms with Gasteiger partial charge in [-0.25, -0.2) is 9.97 Å². The highest BCUT2D eigenvalue weighted by atomic mass is 19.4. The highest BCUT2D eigenvalue weighted by molar-refractivity contribution is 5.97. The third-order valence-electron chi connectivity index (χ3n) is 6.18. The molecule has 1 aliphatic rings. The number of hydrogen-bond acceptors (Lipinski definition) is 6. The lowest BCUT2D eigenvalue weighted by molar-refractivity contribution is -0.138. The van der Waals surface area contributed by atoms with E-state index in [1.807, 2.05) is 29.8 Å². The number of nitrogens with one attached hydrogen (secondary N) is 1. The summed E-state index contributed by atoms with van der Waals surface area (Å²) in [6, 6.07) is 7.05. The van der Waals surface area contributed by atoms with Crippen LogP contribution < -0.4 is 16.0 Å². The van der Waals surface area contributed by atoms with Gasteiger partial charge in [-0.2, -0.15) is 13.2 Å². The van der Waals surface area contributed by atoms with Crippen molar-refractivity contribution in [3.63, 3.8) is 0 Å². The number of ether oxygens (including phenoxy) is 1. The molecule has 1 unspecified atom stereocenters. The SMILES string of the molecule is CC(COCC(=O)NC1CCN(c2ncc(C(F)(F)F)cn2)CC1)n1ccc2ccc(C(N)=O)cc21. The Balaban J connectivity index is 1.21.